The van der Waals surface area contributed by atoms with Crippen molar-refractivity contribution < 1.29 is 14.3 Å². The van der Waals surface area contributed by atoms with Gasteiger partial charge in [-0.05, 0) is 57.5 Å². The molecule has 0 fully saturated rings. The van der Waals surface area contributed by atoms with Crippen LogP contribution in [0.4, 0.5) is 5.69 Å². The third-order valence-electron chi connectivity index (χ3n) is 4.28. The van der Waals surface area contributed by atoms with Crippen LogP contribution < -0.4 is 25.8 Å². The van der Waals surface area contributed by atoms with Crippen molar-refractivity contribution in [3.63, 3.8) is 0 Å². The number of hydrogen-bond acceptors (Lipinski definition) is 5. The Hall–Kier alpha value is -3.13. The second kappa shape index (κ2) is 9.34. The fourth-order valence-electron chi connectivity index (χ4n) is 3.03. The number of halogens is 1. The number of carbonyl (C=O) groups excluding carboxylic acids is 1. The third-order valence-corrected chi connectivity index (χ3v) is 4.64. The summed E-state index contributed by atoms with van der Waals surface area (Å²) in [6, 6.07) is 8.99. The molecular weight excluding hydrogens is 420 g/mol. The zero-order valence-corrected chi connectivity index (χ0v) is 18.8. The third kappa shape index (κ3) is 6.18. The van der Waals surface area contributed by atoms with Gasteiger partial charge in [-0.15, -0.1) is 0 Å². The Labute approximate surface area is 185 Å². The first-order valence-electron chi connectivity index (χ1n) is 9.99. The summed E-state index contributed by atoms with van der Waals surface area (Å²) in [4.78, 5) is 28.9. The average molecular weight is 447 g/mol. The van der Waals surface area contributed by atoms with Crippen molar-refractivity contribution in [1.29, 1.82) is 0 Å². The molecule has 0 aliphatic rings. The minimum absolute atomic E-state index is 0.139. The van der Waals surface area contributed by atoms with Crippen molar-refractivity contribution in [1.82, 2.24) is 15.3 Å². The normalized spacial score (nSPS) is 11.4. The van der Waals surface area contributed by atoms with Crippen molar-refractivity contribution in [3.05, 3.63) is 51.4 Å². The molecule has 9 heteroatoms. The number of aromatic nitrogens is 2. The lowest BCUT2D eigenvalue weighted by molar-refractivity contribution is -0.124. The zero-order chi connectivity index (χ0) is 22.6. The van der Waals surface area contributed by atoms with E-state index in [1.807, 2.05) is 45.9 Å². The molecule has 0 unspecified atom stereocenters. The maximum absolute atomic E-state index is 12.1. The Balaban J connectivity index is 1.72. The van der Waals surface area contributed by atoms with E-state index in [0.29, 0.717) is 35.2 Å². The Bertz CT molecular complexity index is 1130. The van der Waals surface area contributed by atoms with Gasteiger partial charge < -0.3 is 30.1 Å². The predicted molar refractivity (Wildman–Crippen MR) is 122 cm³/mol. The molecule has 1 amide bonds. The molecule has 31 heavy (non-hydrogen) atoms. The average Bonchev–Trinajstić information content (AvgIpc) is 3.05. The summed E-state index contributed by atoms with van der Waals surface area (Å²) < 4.78 is 11.4. The number of benzene rings is 2. The lowest BCUT2D eigenvalue weighted by Crippen LogP contribution is -2.43. The molecule has 0 bridgehead atoms. The summed E-state index contributed by atoms with van der Waals surface area (Å²) in [6.07, 6.45) is 0. The number of nitrogens with one attached hydrogen (secondary N) is 4. The van der Waals surface area contributed by atoms with Crippen LogP contribution >= 0.6 is 11.6 Å². The number of amides is 1. The van der Waals surface area contributed by atoms with Crippen LogP contribution in [0.3, 0.4) is 0 Å². The molecule has 0 spiro atoms. The molecule has 8 nitrogen and oxygen atoms in total. The molecule has 3 aromatic rings. The lowest BCUT2D eigenvalue weighted by Gasteiger charge is -2.21. The number of rotatable bonds is 8. The molecule has 0 radical (unpaired) electrons. The monoisotopic (exact) mass is 446 g/mol. The van der Waals surface area contributed by atoms with E-state index in [1.54, 1.807) is 12.1 Å². The van der Waals surface area contributed by atoms with Crippen LogP contribution in [0.1, 0.15) is 33.3 Å². The van der Waals surface area contributed by atoms with Gasteiger partial charge in [0.05, 0.1) is 17.6 Å². The lowest BCUT2D eigenvalue weighted by atomic mass is 10.1. The van der Waals surface area contributed by atoms with Crippen LogP contribution in [0.15, 0.2) is 35.1 Å². The maximum Gasteiger partial charge on any atom is 0.323 e. The van der Waals surface area contributed by atoms with Crippen molar-refractivity contribution >= 4 is 34.2 Å². The topological polar surface area (TPSA) is 108 Å². The Kier molecular flexibility index (Phi) is 6.80. The van der Waals surface area contributed by atoms with Gasteiger partial charge >= 0.3 is 5.69 Å². The van der Waals surface area contributed by atoms with E-state index in [1.165, 1.54) is 0 Å². The Morgan fingerprint density at radius 3 is 2.48 bits per heavy atom. The van der Waals surface area contributed by atoms with E-state index in [2.05, 4.69) is 20.6 Å². The van der Waals surface area contributed by atoms with E-state index < -0.39 is 0 Å². The van der Waals surface area contributed by atoms with Crippen LogP contribution in [0.5, 0.6) is 11.5 Å². The first kappa shape index (κ1) is 22.6. The highest BCUT2D eigenvalue weighted by atomic mass is 35.5. The number of carbonyl (C=O) groups is 1. The molecule has 166 valence electrons. The second-order valence-electron chi connectivity index (χ2n) is 8.10. The summed E-state index contributed by atoms with van der Waals surface area (Å²) in [5, 5.41) is 6.62. The van der Waals surface area contributed by atoms with Gasteiger partial charge in [0.25, 0.3) is 5.91 Å². The number of H-pyrrole nitrogens is 2. The Morgan fingerprint density at radius 2 is 1.77 bits per heavy atom. The number of aromatic amines is 2. The molecule has 1 aromatic heterocycles. The fourth-order valence-corrected chi connectivity index (χ4v) is 3.25. The van der Waals surface area contributed by atoms with Crippen LogP contribution in [0, 0.1) is 0 Å². The highest BCUT2D eigenvalue weighted by molar-refractivity contribution is 6.31. The SMILES string of the molecule is CCOc1cc(CNc2ccc3[nH]c(=O)[nH]c3c2)c(Cl)cc1OCC(=O)NC(C)(C)C. The quantitative estimate of drug-likeness (QED) is 0.420. The van der Waals surface area contributed by atoms with Crippen LogP contribution in [-0.2, 0) is 11.3 Å². The largest absolute Gasteiger partial charge is 0.490 e. The van der Waals surface area contributed by atoms with E-state index in [4.69, 9.17) is 21.1 Å². The standard InChI is InChI=1S/C22H27ClN4O4/c1-5-30-18-8-13(11-24-14-6-7-16-17(9-14)26-21(29)25-16)15(23)10-19(18)31-12-20(28)27-22(2,3)4/h6-10,24H,5,11-12H2,1-4H3,(H,27,28)(H2,25,26,29). The molecule has 2 aromatic carbocycles. The Morgan fingerprint density at radius 1 is 1.06 bits per heavy atom. The van der Waals surface area contributed by atoms with Gasteiger partial charge in [-0.2, -0.15) is 0 Å². The molecule has 4 N–H and O–H groups in total. The van der Waals surface area contributed by atoms with Crippen molar-refractivity contribution in [2.75, 3.05) is 18.5 Å². The van der Waals surface area contributed by atoms with Gasteiger partial charge in [0, 0.05) is 28.9 Å². The van der Waals surface area contributed by atoms with Gasteiger partial charge in [-0.3, -0.25) is 4.79 Å². The summed E-state index contributed by atoms with van der Waals surface area (Å²) in [5.74, 6) is 0.693. The zero-order valence-electron chi connectivity index (χ0n) is 18.0. The summed E-state index contributed by atoms with van der Waals surface area (Å²) in [6.45, 7) is 8.32. The van der Waals surface area contributed by atoms with E-state index in [-0.39, 0.29) is 23.7 Å². The first-order chi connectivity index (χ1) is 14.6. The number of fused-ring (bicyclic) bond motifs is 1. The van der Waals surface area contributed by atoms with E-state index in [9.17, 15) is 9.59 Å². The van der Waals surface area contributed by atoms with Crippen LogP contribution in [-0.4, -0.2) is 34.6 Å². The number of imidazole rings is 1. The minimum atomic E-state index is -0.340. The first-order valence-corrected chi connectivity index (χ1v) is 10.4. The highest BCUT2D eigenvalue weighted by Gasteiger charge is 2.16. The summed E-state index contributed by atoms with van der Waals surface area (Å²) in [7, 11) is 0. The van der Waals surface area contributed by atoms with Gasteiger partial charge in [0.2, 0.25) is 0 Å². The second-order valence-corrected chi connectivity index (χ2v) is 8.51. The van der Waals surface area contributed by atoms with Gasteiger partial charge in [-0.1, -0.05) is 11.6 Å². The molecule has 0 aliphatic carbocycles. The smallest absolute Gasteiger partial charge is 0.323 e. The molecule has 0 atom stereocenters. The molecular formula is C22H27ClN4O4. The maximum atomic E-state index is 12.1. The minimum Gasteiger partial charge on any atom is -0.490 e. The number of anilines is 1. The van der Waals surface area contributed by atoms with Crippen molar-refractivity contribution in [3.8, 4) is 11.5 Å². The van der Waals surface area contributed by atoms with Gasteiger partial charge in [0.1, 0.15) is 0 Å². The molecule has 0 saturated carbocycles. The summed E-state index contributed by atoms with van der Waals surface area (Å²) in [5.41, 5.74) is 2.50. The van der Waals surface area contributed by atoms with Gasteiger partial charge in [0.15, 0.2) is 18.1 Å². The predicted octanol–water partition coefficient (Wildman–Crippen LogP) is 3.81. The highest BCUT2D eigenvalue weighted by Crippen LogP contribution is 2.34. The van der Waals surface area contributed by atoms with Gasteiger partial charge in [-0.25, -0.2) is 4.79 Å². The van der Waals surface area contributed by atoms with Crippen LogP contribution in [0.25, 0.3) is 11.0 Å². The summed E-state index contributed by atoms with van der Waals surface area (Å²) >= 11 is 6.46. The molecule has 0 aliphatic heterocycles. The van der Waals surface area contributed by atoms with E-state index >= 15 is 0 Å². The number of ether oxygens (including phenoxy) is 2. The van der Waals surface area contributed by atoms with Crippen molar-refractivity contribution in [2.45, 2.75) is 39.8 Å². The number of hydrogen-bond donors (Lipinski definition) is 4. The molecule has 3 rings (SSSR count). The van der Waals surface area contributed by atoms with Crippen molar-refractivity contribution in [2.24, 2.45) is 0 Å². The molecule has 0 saturated heterocycles. The van der Waals surface area contributed by atoms with E-state index in [0.717, 1.165) is 16.8 Å². The molecule has 1 heterocycles. The fraction of sp³-hybridized carbons (Fsp3) is 0.364. The van der Waals surface area contributed by atoms with Crippen LogP contribution in [0.2, 0.25) is 5.02 Å².